The summed E-state index contributed by atoms with van der Waals surface area (Å²) in [6.45, 7) is 1.79. The van der Waals surface area contributed by atoms with Crippen LogP contribution in [0.1, 0.15) is 23.1 Å². The molecule has 0 aliphatic heterocycles. The summed E-state index contributed by atoms with van der Waals surface area (Å²) in [6, 6.07) is 11.5. The molecule has 0 unspecified atom stereocenters. The lowest BCUT2D eigenvalue weighted by Gasteiger charge is -2.07. The largest absolute Gasteiger partial charge is 0.488 e. The summed E-state index contributed by atoms with van der Waals surface area (Å²) < 4.78 is 49.1. The predicted molar refractivity (Wildman–Crippen MR) is 106 cm³/mol. The standard InChI is InChI=1S/C21H18F3NO4S/c1-2-17-18(11-28-15-7-9-16(10-8-15)29-12-19(26)27)30-20(25-17)13-3-5-14(6-4-13)21(22,23)24/h3-10H,2,11-12H2,1H3,(H,26,27). The number of ether oxygens (including phenoxy) is 2. The molecule has 3 aromatic rings. The van der Waals surface area contributed by atoms with Gasteiger partial charge in [-0.25, -0.2) is 9.78 Å². The molecule has 158 valence electrons. The van der Waals surface area contributed by atoms with Gasteiger partial charge in [0.2, 0.25) is 0 Å². The van der Waals surface area contributed by atoms with Crippen LogP contribution in [0.5, 0.6) is 11.5 Å². The monoisotopic (exact) mass is 437 g/mol. The number of hydrogen-bond donors (Lipinski definition) is 1. The number of alkyl halides is 3. The molecule has 0 radical (unpaired) electrons. The quantitative estimate of drug-likeness (QED) is 0.509. The van der Waals surface area contributed by atoms with Crippen molar-refractivity contribution in [3.05, 3.63) is 64.7 Å². The minimum Gasteiger partial charge on any atom is -0.488 e. The van der Waals surface area contributed by atoms with Crippen LogP contribution in [0.15, 0.2) is 48.5 Å². The summed E-state index contributed by atoms with van der Waals surface area (Å²) in [5.74, 6) is -0.0675. The minimum absolute atomic E-state index is 0.261. The van der Waals surface area contributed by atoms with Gasteiger partial charge in [0, 0.05) is 5.56 Å². The fourth-order valence-corrected chi connectivity index (χ4v) is 3.69. The number of carboxylic acids is 1. The van der Waals surface area contributed by atoms with Gasteiger partial charge in [-0.15, -0.1) is 11.3 Å². The molecule has 9 heteroatoms. The van der Waals surface area contributed by atoms with Crippen molar-refractivity contribution in [1.82, 2.24) is 4.98 Å². The topological polar surface area (TPSA) is 68.7 Å². The summed E-state index contributed by atoms with van der Waals surface area (Å²) in [5, 5.41) is 9.25. The lowest BCUT2D eigenvalue weighted by Crippen LogP contribution is -2.09. The Morgan fingerprint density at radius 2 is 1.63 bits per heavy atom. The van der Waals surface area contributed by atoms with Crippen molar-refractivity contribution in [2.24, 2.45) is 0 Å². The number of carbonyl (C=O) groups is 1. The number of hydrogen-bond acceptors (Lipinski definition) is 5. The van der Waals surface area contributed by atoms with E-state index in [1.165, 1.54) is 23.5 Å². The average molecular weight is 437 g/mol. The molecule has 1 N–H and O–H groups in total. The van der Waals surface area contributed by atoms with E-state index in [0.29, 0.717) is 28.5 Å². The molecule has 0 aliphatic rings. The number of aliphatic carboxylic acids is 1. The lowest BCUT2D eigenvalue weighted by atomic mass is 10.1. The summed E-state index contributed by atoms with van der Waals surface area (Å²) in [7, 11) is 0. The van der Waals surface area contributed by atoms with Gasteiger partial charge in [-0.2, -0.15) is 13.2 Å². The highest BCUT2D eigenvalue weighted by atomic mass is 32.1. The Morgan fingerprint density at radius 1 is 1.03 bits per heavy atom. The molecular formula is C21H18F3NO4S. The number of aryl methyl sites for hydroxylation is 1. The molecule has 0 saturated heterocycles. The Kier molecular flexibility index (Phi) is 6.61. The van der Waals surface area contributed by atoms with E-state index < -0.39 is 24.3 Å². The Hall–Kier alpha value is -3.07. The molecule has 0 atom stereocenters. The molecule has 2 aromatic carbocycles. The van der Waals surface area contributed by atoms with Gasteiger partial charge in [-0.05, 0) is 42.8 Å². The number of carboxylic acid groups (broad SMARTS) is 1. The van der Waals surface area contributed by atoms with Crippen LogP contribution < -0.4 is 9.47 Å². The summed E-state index contributed by atoms with van der Waals surface area (Å²) in [6.07, 6.45) is -3.71. The van der Waals surface area contributed by atoms with Crippen molar-refractivity contribution in [2.45, 2.75) is 26.1 Å². The first-order valence-corrected chi connectivity index (χ1v) is 9.81. The normalized spacial score (nSPS) is 11.3. The molecular weight excluding hydrogens is 419 g/mol. The maximum Gasteiger partial charge on any atom is 0.416 e. The Morgan fingerprint density at radius 3 is 2.17 bits per heavy atom. The first-order valence-electron chi connectivity index (χ1n) is 9.00. The van der Waals surface area contributed by atoms with Gasteiger partial charge in [0.15, 0.2) is 6.61 Å². The zero-order valence-corrected chi connectivity index (χ0v) is 16.7. The Labute approximate surface area is 174 Å². The first kappa shape index (κ1) is 21.6. The summed E-state index contributed by atoms with van der Waals surface area (Å²) in [4.78, 5) is 15.9. The van der Waals surface area contributed by atoms with Crippen molar-refractivity contribution in [2.75, 3.05) is 6.61 Å². The molecule has 3 rings (SSSR count). The Balaban J connectivity index is 1.68. The lowest BCUT2D eigenvalue weighted by molar-refractivity contribution is -0.139. The summed E-state index contributed by atoms with van der Waals surface area (Å²) >= 11 is 1.38. The molecule has 30 heavy (non-hydrogen) atoms. The third kappa shape index (κ3) is 5.50. The number of thiazole rings is 1. The van der Waals surface area contributed by atoms with Gasteiger partial charge in [-0.1, -0.05) is 19.1 Å². The van der Waals surface area contributed by atoms with Crippen LogP contribution in [0, 0.1) is 0 Å². The van der Waals surface area contributed by atoms with E-state index in [1.54, 1.807) is 24.3 Å². The second-order valence-electron chi connectivity index (χ2n) is 6.26. The molecule has 1 aromatic heterocycles. The first-order chi connectivity index (χ1) is 14.3. The van der Waals surface area contributed by atoms with Gasteiger partial charge in [0.1, 0.15) is 23.1 Å². The van der Waals surface area contributed by atoms with Gasteiger partial charge < -0.3 is 14.6 Å². The molecule has 0 fully saturated rings. The van der Waals surface area contributed by atoms with Crippen LogP contribution in [-0.2, 0) is 24.0 Å². The van der Waals surface area contributed by atoms with Crippen molar-refractivity contribution in [3.8, 4) is 22.1 Å². The third-order valence-electron chi connectivity index (χ3n) is 4.13. The van der Waals surface area contributed by atoms with E-state index >= 15 is 0 Å². The van der Waals surface area contributed by atoms with Crippen molar-refractivity contribution in [1.29, 1.82) is 0 Å². The predicted octanol–water partition coefficient (Wildman–Crippen LogP) is 5.43. The minimum atomic E-state index is -4.37. The molecule has 0 aliphatic carbocycles. The number of rotatable bonds is 8. The molecule has 0 amide bonds. The highest BCUT2D eigenvalue weighted by Gasteiger charge is 2.30. The van der Waals surface area contributed by atoms with Crippen molar-refractivity contribution in [3.63, 3.8) is 0 Å². The summed E-state index contributed by atoms with van der Waals surface area (Å²) in [5.41, 5.74) is 0.753. The second kappa shape index (κ2) is 9.17. The van der Waals surface area contributed by atoms with Crippen molar-refractivity contribution >= 4 is 17.3 Å². The van der Waals surface area contributed by atoms with Crippen LogP contribution in [0.2, 0.25) is 0 Å². The highest BCUT2D eigenvalue weighted by Crippen LogP contribution is 2.33. The van der Waals surface area contributed by atoms with E-state index in [2.05, 4.69) is 4.98 Å². The van der Waals surface area contributed by atoms with Crippen LogP contribution in [0.25, 0.3) is 10.6 Å². The van der Waals surface area contributed by atoms with E-state index in [0.717, 1.165) is 22.7 Å². The maximum absolute atomic E-state index is 12.7. The smallest absolute Gasteiger partial charge is 0.416 e. The highest BCUT2D eigenvalue weighted by molar-refractivity contribution is 7.15. The van der Waals surface area contributed by atoms with Crippen LogP contribution in [-0.4, -0.2) is 22.7 Å². The van der Waals surface area contributed by atoms with Gasteiger partial charge in [-0.3, -0.25) is 0 Å². The Bertz CT molecular complexity index is 999. The molecule has 0 spiro atoms. The number of halogens is 3. The number of nitrogens with zero attached hydrogens (tertiary/aromatic N) is 1. The van der Waals surface area contributed by atoms with Crippen LogP contribution in [0.4, 0.5) is 13.2 Å². The fourth-order valence-electron chi connectivity index (χ4n) is 2.62. The average Bonchev–Trinajstić information content (AvgIpc) is 3.14. The van der Waals surface area contributed by atoms with E-state index in [-0.39, 0.29) is 6.61 Å². The number of benzene rings is 2. The molecule has 5 nitrogen and oxygen atoms in total. The van der Waals surface area contributed by atoms with Gasteiger partial charge in [0.25, 0.3) is 0 Å². The van der Waals surface area contributed by atoms with Crippen LogP contribution in [0.3, 0.4) is 0 Å². The zero-order valence-electron chi connectivity index (χ0n) is 15.9. The van der Waals surface area contributed by atoms with Crippen molar-refractivity contribution < 1.29 is 32.5 Å². The second-order valence-corrected chi connectivity index (χ2v) is 7.34. The zero-order chi connectivity index (χ0) is 21.7. The van der Waals surface area contributed by atoms with E-state index in [4.69, 9.17) is 14.6 Å². The molecule has 0 saturated carbocycles. The van der Waals surface area contributed by atoms with E-state index in [1.807, 2.05) is 6.92 Å². The fraction of sp³-hybridized carbons (Fsp3) is 0.238. The molecule has 0 bridgehead atoms. The molecule has 1 heterocycles. The number of aromatic nitrogens is 1. The van der Waals surface area contributed by atoms with E-state index in [9.17, 15) is 18.0 Å². The third-order valence-corrected chi connectivity index (χ3v) is 5.25. The van der Waals surface area contributed by atoms with Gasteiger partial charge in [0.05, 0.1) is 16.1 Å². The van der Waals surface area contributed by atoms with Gasteiger partial charge >= 0.3 is 12.1 Å². The SMILES string of the molecule is CCc1nc(-c2ccc(C(F)(F)F)cc2)sc1COc1ccc(OCC(=O)O)cc1. The maximum atomic E-state index is 12.7. The van der Waals surface area contributed by atoms with Crippen LogP contribution >= 0.6 is 11.3 Å².